The lowest BCUT2D eigenvalue weighted by Crippen LogP contribution is -2.63. The van der Waals surface area contributed by atoms with Gasteiger partial charge in [-0.3, -0.25) is 0 Å². The second-order valence-electron chi connectivity index (χ2n) is 6.68. The zero-order valence-corrected chi connectivity index (χ0v) is 15.3. The van der Waals surface area contributed by atoms with Crippen LogP contribution in [0.15, 0.2) is 60.7 Å². The molecular weight excluding hydrogens is 364 g/mol. The minimum atomic E-state index is -1.20. The predicted octanol–water partition coefficient (Wildman–Crippen LogP) is 2.06. The molecule has 0 saturated carbocycles. The van der Waals surface area contributed by atoms with Crippen molar-refractivity contribution in [3.05, 3.63) is 71.8 Å². The largest absolute Gasteiger partial charge is 0.453 e. The summed E-state index contributed by atoms with van der Waals surface area (Å²) < 4.78 is 28.4. The monoisotopic (exact) mass is 386 g/mol. The topological polar surface area (TPSA) is 83.5 Å². The number of methoxy groups -OCH3 is 1. The van der Waals surface area contributed by atoms with Gasteiger partial charge in [-0.15, -0.1) is 0 Å². The maximum absolute atomic E-state index is 12.6. The van der Waals surface area contributed by atoms with Crippen LogP contribution < -0.4 is 0 Å². The summed E-state index contributed by atoms with van der Waals surface area (Å²) in [5, 5.41) is 10.7. The Labute approximate surface area is 162 Å². The fraction of sp³-hybridized carbons (Fsp3) is 0.381. The Bertz CT molecular complexity index is 782. The van der Waals surface area contributed by atoms with Gasteiger partial charge >= 0.3 is 5.97 Å². The molecule has 0 spiro atoms. The van der Waals surface area contributed by atoms with Crippen molar-refractivity contribution in [1.82, 2.24) is 0 Å². The molecule has 4 rings (SSSR count). The van der Waals surface area contributed by atoms with Crippen LogP contribution in [0.2, 0.25) is 0 Å². The summed E-state index contributed by atoms with van der Waals surface area (Å²) in [5.74, 6) is -0.550. The first kappa shape index (κ1) is 19.0. The molecule has 2 fully saturated rings. The van der Waals surface area contributed by atoms with Crippen LogP contribution in [-0.2, 0) is 23.7 Å². The molecule has 28 heavy (non-hydrogen) atoms. The maximum Gasteiger partial charge on any atom is 0.338 e. The van der Waals surface area contributed by atoms with E-state index in [9.17, 15) is 9.90 Å². The molecule has 7 heteroatoms. The number of hydrogen-bond donors (Lipinski definition) is 1. The van der Waals surface area contributed by atoms with Gasteiger partial charge in [0.15, 0.2) is 18.7 Å². The lowest BCUT2D eigenvalue weighted by molar-refractivity contribution is -0.357. The van der Waals surface area contributed by atoms with Crippen LogP contribution in [0.4, 0.5) is 0 Å². The third kappa shape index (κ3) is 3.80. The molecular formula is C21H22O7. The van der Waals surface area contributed by atoms with Gasteiger partial charge in [0.05, 0.1) is 12.2 Å². The van der Waals surface area contributed by atoms with Crippen molar-refractivity contribution < 1.29 is 33.6 Å². The van der Waals surface area contributed by atoms with E-state index in [4.69, 9.17) is 23.7 Å². The molecule has 0 aromatic heterocycles. The van der Waals surface area contributed by atoms with Crippen molar-refractivity contribution in [3.63, 3.8) is 0 Å². The molecule has 2 saturated heterocycles. The van der Waals surface area contributed by atoms with E-state index in [1.54, 1.807) is 24.3 Å². The number of ether oxygens (including phenoxy) is 5. The number of esters is 1. The highest BCUT2D eigenvalue weighted by molar-refractivity contribution is 5.89. The molecule has 7 nitrogen and oxygen atoms in total. The van der Waals surface area contributed by atoms with Crippen molar-refractivity contribution >= 4 is 5.97 Å². The van der Waals surface area contributed by atoms with E-state index in [1.807, 2.05) is 36.4 Å². The molecule has 0 bridgehead atoms. The fourth-order valence-corrected chi connectivity index (χ4v) is 3.44. The number of rotatable bonds is 4. The Hall–Kier alpha value is -2.29. The molecule has 6 atom stereocenters. The second kappa shape index (κ2) is 8.38. The van der Waals surface area contributed by atoms with E-state index in [0.29, 0.717) is 5.56 Å². The standard InChI is InChI=1S/C21H22O7/c1-24-21-16(22)18(27-19(23)13-8-4-2-5-9-13)17-15(26-21)12-25-20(28-17)14-10-6-3-7-11-14/h2-11,15-18,20-22H,12H2,1H3/t15-,16-,17+,18-,20?,21+/m1/s1. The number of hydrogen-bond acceptors (Lipinski definition) is 7. The van der Waals surface area contributed by atoms with Crippen LogP contribution in [0.5, 0.6) is 0 Å². The zero-order chi connectivity index (χ0) is 19.5. The lowest BCUT2D eigenvalue weighted by Gasteiger charge is -2.47. The van der Waals surface area contributed by atoms with Crippen molar-refractivity contribution in [3.8, 4) is 0 Å². The number of carbonyl (C=O) groups is 1. The summed E-state index contributed by atoms with van der Waals surface area (Å²) in [6.07, 6.45) is -5.00. The number of fused-ring (bicyclic) bond motifs is 1. The number of aliphatic hydroxyl groups is 1. The van der Waals surface area contributed by atoms with Crippen molar-refractivity contribution in [2.24, 2.45) is 0 Å². The summed E-state index contributed by atoms with van der Waals surface area (Å²) >= 11 is 0. The minimum Gasteiger partial charge on any atom is -0.453 e. The van der Waals surface area contributed by atoms with Gasteiger partial charge < -0.3 is 28.8 Å². The van der Waals surface area contributed by atoms with Gasteiger partial charge in [-0.1, -0.05) is 48.5 Å². The summed E-state index contributed by atoms with van der Waals surface area (Å²) in [5.41, 5.74) is 1.22. The third-order valence-electron chi connectivity index (χ3n) is 4.86. The summed E-state index contributed by atoms with van der Waals surface area (Å²) in [7, 11) is 1.42. The Morgan fingerprint density at radius 3 is 2.39 bits per heavy atom. The van der Waals surface area contributed by atoms with Gasteiger partial charge in [0.1, 0.15) is 18.3 Å². The Morgan fingerprint density at radius 2 is 1.71 bits per heavy atom. The highest BCUT2D eigenvalue weighted by Crippen LogP contribution is 2.35. The van der Waals surface area contributed by atoms with E-state index in [0.717, 1.165) is 5.56 Å². The molecule has 1 N–H and O–H groups in total. The maximum atomic E-state index is 12.6. The highest BCUT2D eigenvalue weighted by atomic mass is 16.8. The quantitative estimate of drug-likeness (QED) is 0.806. The second-order valence-corrected chi connectivity index (χ2v) is 6.68. The Kier molecular flexibility index (Phi) is 5.70. The van der Waals surface area contributed by atoms with Gasteiger partial charge in [-0.25, -0.2) is 4.79 Å². The van der Waals surface area contributed by atoms with Crippen molar-refractivity contribution in [2.75, 3.05) is 13.7 Å². The van der Waals surface area contributed by atoms with E-state index in [1.165, 1.54) is 7.11 Å². The molecule has 0 aliphatic carbocycles. The molecule has 0 amide bonds. The minimum absolute atomic E-state index is 0.218. The molecule has 2 heterocycles. The van der Waals surface area contributed by atoms with Crippen LogP contribution in [-0.4, -0.2) is 55.5 Å². The molecule has 2 aliphatic heterocycles. The average molecular weight is 386 g/mol. The van der Waals surface area contributed by atoms with E-state index in [2.05, 4.69) is 0 Å². The van der Waals surface area contributed by atoms with Crippen LogP contribution >= 0.6 is 0 Å². The van der Waals surface area contributed by atoms with Crippen molar-refractivity contribution in [2.45, 2.75) is 37.0 Å². The molecule has 2 aromatic rings. The number of benzene rings is 2. The average Bonchev–Trinajstić information content (AvgIpc) is 2.76. The molecule has 148 valence electrons. The van der Waals surface area contributed by atoms with Crippen molar-refractivity contribution in [1.29, 1.82) is 0 Å². The highest BCUT2D eigenvalue weighted by Gasteiger charge is 2.51. The molecule has 2 aliphatic rings. The molecule has 1 unspecified atom stereocenters. The van der Waals surface area contributed by atoms with Crippen LogP contribution in [0.25, 0.3) is 0 Å². The van der Waals surface area contributed by atoms with E-state index >= 15 is 0 Å². The number of carbonyl (C=O) groups excluding carboxylic acids is 1. The summed E-state index contributed by atoms with van der Waals surface area (Å²) in [6.45, 7) is 0.218. The normalized spacial score (nSPS) is 32.4. The molecule has 2 aromatic carbocycles. The third-order valence-corrected chi connectivity index (χ3v) is 4.86. The predicted molar refractivity (Wildman–Crippen MR) is 97.3 cm³/mol. The van der Waals surface area contributed by atoms with Crippen LogP contribution in [0.3, 0.4) is 0 Å². The van der Waals surface area contributed by atoms with E-state index < -0.39 is 43.0 Å². The first-order valence-corrected chi connectivity index (χ1v) is 9.11. The van der Waals surface area contributed by atoms with Gasteiger partial charge in [0.2, 0.25) is 0 Å². The first-order chi connectivity index (χ1) is 13.7. The van der Waals surface area contributed by atoms with Gasteiger partial charge in [-0.05, 0) is 12.1 Å². The van der Waals surface area contributed by atoms with Gasteiger partial charge in [0.25, 0.3) is 0 Å². The molecule has 0 radical (unpaired) electrons. The summed E-state index contributed by atoms with van der Waals surface area (Å²) in [6, 6.07) is 18.0. The summed E-state index contributed by atoms with van der Waals surface area (Å²) in [4.78, 5) is 12.6. The van der Waals surface area contributed by atoms with Gasteiger partial charge in [0, 0.05) is 12.7 Å². The Balaban J connectivity index is 1.56. The lowest BCUT2D eigenvalue weighted by atomic mass is 9.97. The fourth-order valence-electron chi connectivity index (χ4n) is 3.44. The Morgan fingerprint density at radius 1 is 1.04 bits per heavy atom. The van der Waals surface area contributed by atoms with E-state index in [-0.39, 0.29) is 6.61 Å². The smallest absolute Gasteiger partial charge is 0.338 e. The van der Waals surface area contributed by atoms with Crippen LogP contribution in [0, 0.1) is 0 Å². The zero-order valence-electron chi connectivity index (χ0n) is 15.3. The van der Waals surface area contributed by atoms with Gasteiger partial charge in [-0.2, -0.15) is 0 Å². The SMILES string of the molecule is CO[C@H]1O[C@@H]2COC(c3ccccc3)O[C@@H]2[C@H](OC(=O)c2ccccc2)[C@H]1O. The van der Waals surface area contributed by atoms with Crippen LogP contribution in [0.1, 0.15) is 22.2 Å². The number of aliphatic hydroxyl groups excluding tert-OH is 1. The first-order valence-electron chi connectivity index (χ1n) is 9.11.